The van der Waals surface area contributed by atoms with E-state index in [0.29, 0.717) is 16.5 Å². The number of pyridine rings is 1. The van der Waals surface area contributed by atoms with Crippen LogP contribution in [0, 0.1) is 0 Å². The van der Waals surface area contributed by atoms with E-state index < -0.39 is 6.04 Å². The number of aromatic nitrogens is 1. The molecular formula is C18H20N2OS2. The molecule has 0 aliphatic carbocycles. The number of rotatable bonds is 8. The molecule has 0 unspecified atom stereocenters. The Morgan fingerprint density at radius 1 is 1.43 bits per heavy atom. The van der Waals surface area contributed by atoms with Gasteiger partial charge in [-0.3, -0.25) is 4.79 Å². The molecular weight excluding hydrogens is 324 g/mol. The fourth-order valence-electron chi connectivity index (χ4n) is 2.27. The lowest BCUT2D eigenvalue weighted by molar-refractivity contribution is -0.691. The summed E-state index contributed by atoms with van der Waals surface area (Å²) in [5.74, 6) is -0.0222. The minimum absolute atomic E-state index is 0.0222. The molecule has 1 atom stereocenters. The second-order valence-electron chi connectivity index (χ2n) is 5.12. The van der Waals surface area contributed by atoms with Crippen molar-refractivity contribution in [2.24, 2.45) is 4.99 Å². The highest BCUT2D eigenvalue weighted by molar-refractivity contribution is 7.77. The van der Waals surface area contributed by atoms with Gasteiger partial charge in [0.25, 0.3) is 0 Å². The standard InChI is InChI=1S/C18H20N2OS2/c1-3-6-14-8-11-20(12-9-14)16(18(22)19-10-4-2)17(21)15-7-5-13-23-15/h4-5,7-9,11-13,16H,2-3,6,10H2,1H3/t16-/m0/s1. The maximum atomic E-state index is 12.8. The number of aryl methyl sites for hydroxylation is 1. The average molecular weight is 345 g/mol. The molecule has 2 heterocycles. The van der Waals surface area contributed by atoms with E-state index in [1.807, 2.05) is 46.6 Å². The minimum atomic E-state index is -0.584. The highest BCUT2D eigenvalue weighted by atomic mass is 32.1. The van der Waals surface area contributed by atoms with Crippen molar-refractivity contribution in [2.75, 3.05) is 6.54 Å². The molecule has 0 spiro atoms. The van der Waals surface area contributed by atoms with Crippen LogP contribution in [0.25, 0.3) is 0 Å². The molecule has 5 heteroatoms. The van der Waals surface area contributed by atoms with Gasteiger partial charge in [-0.25, -0.2) is 0 Å². The van der Waals surface area contributed by atoms with Crippen LogP contribution >= 0.6 is 11.3 Å². The summed E-state index contributed by atoms with van der Waals surface area (Å²) in [4.78, 5) is 17.8. The Morgan fingerprint density at radius 2 is 2.17 bits per heavy atom. The van der Waals surface area contributed by atoms with Crippen LogP contribution in [-0.4, -0.2) is 17.4 Å². The van der Waals surface area contributed by atoms with E-state index >= 15 is 0 Å². The van der Waals surface area contributed by atoms with Crippen molar-refractivity contribution in [3.05, 3.63) is 65.1 Å². The number of carbonyl (C=O) groups excluding carboxylic acids is 1. The van der Waals surface area contributed by atoms with Gasteiger partial charge in [-0.2, -0.15) is 4.57 Å². The first-order valence-electron chi connectivity index (χ1n) is 7.57. The van der Waals surface area contributed by atoms with E-state index in [9.17, 15) is 4.79 Å². The zero-order valence-electron chi connectivity index (χ0n) is 13.1. The van der Waals surface area contributed by atoms with Crippen LogP contribution in [0.3, 0.4) is 0 Å². The van der Waals surface area contributed by atoms with Gasteiger partial charge in [0.15, 0.2) is 12.4 Å². The topological polar surface area (TPSA) is 33.3 Å². The van der Waals surface area contributed by atoms with Crippen molar-refractivity contribution in [3.8, 4) is 0 Å². The first-order chi connectivity index (χ1) is 11.2. The van der Waals surface area contributed by atoms with E-state index in [0.717, 1.165) is 12.8 Å². The summed E-state index contributed by atoms with van der Waals surface area (Å²) in [6.45, 7) is 6.21. The zero-order valence-corrected chi connectivity index (χ0v) is 14.8. The number of thiophene rings is 1. The van der Waals surface area contributed by atoms with E-state index in [1.165, 1.54) is 16.9 Å². The molecule has 0 N–H and O–H groups in total. The number of hydrogen-bond donors (Lipinski definition) is 0. The zero-order chi connectivity index (χ0) is 16.7. The Bertz CT molecular complexity index is 676. The predicted molar refractivity (Wildman–Crippen MR) is 98.2 cm³/mol. The Balaban J connectivity index is 2.36. The van der Waals surface area contributed by atoms with Gasteiger partial charge >= 0.3 is 0 Å². The lowest BCUT2D eigenvalue weighted by atomic mass is 10.1. The smallest absolute Gasteiger partial charge is 0.244 e. The Labute approximate surface area is 146 Å². The summed E-state index contributed by atoms with van der Waals surface area (Å²) in [5, 5.41) is 2.28. The third-order valence-corrected chi connectivity index (χ3v) is 4.62. The first-order valence-corrected chi connectivity index (χ1v) is 8.85. The van der Waals surface area contributed by atoms with Gasteiger partial charge in [0, 0.05) is 12.1 Å². The number of nitrogens with zero attached hydrogens (tertiary/aromatic N) is 2. The third-order valence-electron chi connectivity index (χ3n) is 3.38. The molecule has 23 heavy (non-hydrogen) atoms. The SMILES string of the molecule is C=CCN=C([S-])[C@H](C(=O)c1cccs1)[n+]1ccc(CCC)cc1. The quantitative estimate of drug-likeness (QED) is 0.183. The largest absolute Gasteiger partial charge is 0.758 e. The molecule has 0 aromatic carbocycles. The molecule has 2 rings (SSSR count). The van der Waals surface area contributed by atoms with E-state index in [2.05, 4.69) is 18.5 Å². The Hall–Kier alpha value is -1.85. The van der Waals surface area contributed by atoms with Crippen LogP contribution in [0.15, 0.2) is 59.7 Å². The third kappa shape index (κ3) is 4.56. The lowest BCUT2D eigenvalue weighted by Crippen LogP contribution is -2.47. The number of hydrogen-bond acceptors (Lipinski definition) is 4. The average Bonchev–Trinajstić information content (AvgIpc) is 3.09. The molecule has 0 bridgehead atoms. The predicted octanol–water partition coefficient (Wildman–Crippen LogP) is 3.54. The maximum Gasteiger partial charge on any atom is 0.244 e. The van der Waals surface area contributed by atoms with Crippen molar-refractivity contribution in [2.45, 2.75) is 25.8 Å². The Kier molecular flexibility index (Phi) is 6.62. The van der Waals surface area contributed by atoms with Crippen molar-refractivity contribution in [1.29, 1.82) is 0 Å². The highest BCUT2D eigenvalue weighted by Crippen LogP contribution is 2.16. The monoisotopic (exact) mass is 344 g/mol. The summed E-state index contributed by atoms with van der Waals surface area (Å²) < 4.78 is 1.84. The maximum absolute atomic E-state index is 12.8. The summed E-state index contributed by atoms with van der Waals surface area (Å²) in [7, 11) is 0. The fraction of sp³-hybridized carbons (Fsp3) is 0.278. The van der Waals surface area contributed by atoms with E-state index in [4.69, 9.17) is 12.6 Å². The Morgan fingerprint density at radius 3 is 2.74 bits per heavy atom. The summed E-state index contributed by atoms with van der Waals surface area (Å²) in [6, 6.07) is 7.18. The second-order valence-corrected chi connectivity index (χ2v) is 6.48. The molecule has 0 aliphatic heterocycles. The summed E-state index contributed by atoms with van der Waals surface area (Å²) in [5.41, 5.74) is 1.25. The summed E-state index contributed by atoms with van der Waals surface area (Å²) >= 11 is 6.83. The van der Waals surface area contributed by atoms with Crippen LogP contribution < -0.4 is 4.57 Å². The van der Waals surface area contributed by atoms with Gasteiger partial charge in [-0.05, 0) is 28.5 Å². The van der Waals surface area contributed by atoms with Crippen LogP contribution in [0.1, 0.15) is 34.6 Å². The van der Waals surface area contributed by atoms with Crippen molar-refractivity contribution in [1.82, 2.24) is 0 Å². The molecule has 0 fully saturated rings. The highest BCUT2D eigenvalue weighted by Gasteiger charge is 2.28. The molecule has 0 saturated carbocycles. The number of ketones is 1. The molecule has 0 amide bonds. The minimum Gasteiger partial charge on any atom is -0.758 e. The van der Waals surface area contributed by atoms with Gasteiger partial charge in [0.2, 0.25) is 11.8 Å². The van der Waals surface area contributed by atoms with E-state index in [1.54, 1.807) is 6.08 Å². The van der Waals surface area contributed by atoms with Crippen LogP contribution in [0.5, 0.6) is 0 Å². The van der Waals surface area contributed by atoms with Gasteiger partial charge in [0.1, 0.15) is 0 Å². The van der Waals surface area contributed by atoms with Crippen LogP contribution in [0.4, 0.5) is 0 Å². The van der Waals surface area contributed by atoms with Gasteiger partial charge in [-0.15, -0.1) is 17.9 Å². The molecule has 0 saturated heterocycles. The van der Waals surface area contributed by atoms with Gasteiger partial charge < -0.3 is 17.6 Å². The second kappa shape index (κ2) is 8.70. The van der Waals surface area contributed by atoms with Crippen molar-refractivity contribution < 1.29 is 9.36 Å². The van der Waals surface area contributed by atoms with E-state index in [-0.39, 0.29) is 5.78 Å². The normalized spacial score (nSPS) is 12.8. The van der Waals surface area contributed by atoms with Crippen molar-refractivity contribution >= 4 is 34.8 Å². The lowest BCUT2D eigenvalue weighted by Gasteiger charge is -2.18. The first kappa shape index (κ1) is 17.5. The molecule has 2 aromatic rings. The van der Waals surface area contributed by atoms with Crippen LogP contribution in [0.2, 0.25) is 0 Å². The fourth-order valence-corrected chi connectivity index (χ4v) is 3.26. The van der Waals surface area contributed by atoms with Crippen molar-refractivity contribution in [3.63, 3.8) is 0 Å². The summed E-state index contributed by atoms with van der Waals surface area (Å²) in [6.07, 6.45) is 7.62. The van der Waals surface area contributed by atoms with Gasteiger partial charge in [-0.1, -0.05) is 25.5 Å². The molecule has 3 nitrogen and oxygen atoms in total. The van der Waals surface area contributed by atoms with Crippen LogP contribution in [-0.2, 0) is 19.0 Å². The molecule has 120 valence electrons. The number of Topliss-reactive ketones (excluding diaryl/α,β-unsaturated/α-hetero) is 1. The van der Waals surface area contributed by atoms with Gasteiger partial charge in [0.05, 0.1) is 11.4 Å². The number of aliphatic imine (C=N–C) groups is 1. The molecule has 0 radical (unpaired) electrons. The molecule has 0 aliphatic rings. The molecule has 2 aromatic heterocycles. The number of carbonyl (C=O) groups is 1.